The monoisotopic (exact) mass is 299 g/mol. The molecule has 0 unspecified atom stereocenters. The molecule has 0 atom stereocenters. The van der Waals surface area contributed by atoms with E-state index in [1.807, 2.05) is 6.92 Å². The second kappa shape index (κ2) is 7.23. The molecular weight excluding hydrogens is 278 g/mol. The molecule has 1 heterocycles. The van der Waals surface area contributed by atoms with E-state index in [0.717, 1.165) is 16.3 Å². The predicted octanol–water partition coefficient (Wildman–Crippen LogP) is 2.15. The number of hydrogen-bond acceptors (Lipinski definition) is 4. The molecule has 112 valence electrons. The summed E-state index contributed by atoms with van der Waals surface area (Å²) in [5, 5.41) is 15.2. The first-order valence-corrected chi connectivity index (χ1v) is 7.52. The molecule has 1 aromatic heterocycles. The molecule has 0 saturated carbocycles. The van der Waals surface area contributed by atoms with Crippen LogP contribution < -0.4 is 10.6 Å². The van der Waals surface area contributed by atoms with Crippen LogP contribution in [0.1, 0.15) is 43.5 Å². The highest BCUT2D eigenvalue weighted by atomic mass is 32.1. The van der Waals surface area contributed by atoms with E-state index >= 15 is 0 Å². The molecule has 0 aliphatic rings. The normalized spacial score (nSPS) is 11.2. The SMILES string of the molecule is CCc1cnc(CNC(=O)NC(CC)(CC)C(=O)O)s1. The summed E-state index contributed by atoms with van der Waals surface area (Å²) in [5.74, 6) is -1.01. The van der Waals surface area contributed by atoms with Crippen molar-refractivity contribution < 1.29 is 14.7 Å². The Hall–Kier alpha value is -1.63. The van der Waals surface area contributed by atoms with Crippen LogP contribution in [0.5, 0.6) is 0 Å². The van der Waals surface area contributed by atoms with Crippen LogP contribution in [0.4, 0.5) is 4.79 Å². The minimum atomic E-state index is -1.21. The summed E-state index contributed by atoms with van der Waals surface area (Å²) in [6.45, 7) is 5.83. The maximum atomic E-state index is 11.8. The zero-order valence-electron chi connectivity index (χ0n) is 12.0. The van der Waals surface area contributed by atoms with Gasteiger partial charge in [0.25, 0.3) is 0 Å². The topological polar surface area (TPSA) is 91.3 Å². The van der Waals surface area contributed by atoms with Gasteiger partial charge in [0.15, 0.2) is 0 Å². The lowest BCUT2D eigenvalue weighted by Crippen LogP contribution is -2.56. The van der Waals surface area contributed by atoms with Crippen LogP contribution in [0.15, 0.2) is 6.20 Å². The molecule has 3 N–H and O–H groups in total. The van der Waals surface area contributed by atoms with Gasteiger partial charge in [-0.1, -0.05) is 20.8 Å². The first-order chi connectivity index (χ1) is 9.47. The van der Waals surface area contributed by atoms with Gasteiger partial charge in [-0.25, -0.2) is 14.6 Å². The number of urea groups is 1. The van der Waals surface area contributed by atoms with Crippen LogP contribution >= 0.6 is 11.3 Å². The molecule has 6 nitrogen and oxygen atoms in total. The zero-order valence-corrected chi connectivity index (χ0v) is 12.8. The third-order valence-corrected chi connectivity index (χ3v) is 4.46. The van der Waals surface area contributed by atoms with Crippen molar-refractivity contribution in [3.63, 3.8) is 0 Å². The highest BCUT2D eigenvalue weighted by molar-refractivity contribution is 7.11. The van der Waals surface area contributed by atoms with Crippen molar-refractivity contribution in [2.24, 2.45) is 0 Å². The van der Waals surface area contributed by atoms with Gasteiger partial charge in [0, 0.05) is 11.1 Å². The van der Waals surface area contributed by atoms with E-state index in [2.05, 4.69) is 15.6 Å². The number of aromatic nitrogens is 1. The van der Waals surface area contributed by atoms with E-state index in [1.54, 1.807) is 31.4 Å². The van der Waals surface area contributed by atoms with E-state index in [4.69, 9.17) is 0 Å². The fourth-order valence-electron chi connectivity index (χ4n) is 1.79. The smallest absolute Gasteiger partial charge is 0.329 e. The van der Waals surface area contributed by atoms with E-state index in [-0.39, 0.29) is 0 Å². The summed E-state index contributed by atoms with van der Waals surface area (Å²) in [7, 11) is 0. The van der Waals surface area contributed by atoms with Crippen LogP contribution in [0.2, 0.25) is 0 Å². The fraction of sp³-hybridized carbons (Fsp3) is 0.615. The fourth-order valence-corrected chi connectivity index (χ4v) is 2.60. The number of carboxylic acid groups (broad SMARTS) is 1. The van der Waals surface area contributed by atoms with Crippen molar-refractivity contribution in [3.8, 4) is 0 Å². The van der Waals surface area contributed by atoms with Gasteiger partial charge in [0.1, 0.15) is 10.5 Å². The molecule has 0 aliphatic heterocycles. The van der Waals surface area contributed by atoms with E-state index < -0.39 is 17.5 Å². The maximum absolute atomic E-state index is 11.8. The number of aryl methyl sites for hydroxylation is 1. The maximum Gasteiger partial charge on any atom is 0.329 e. The van der Waals surface area contributed by atoms with Gasteiger partial charge in [-0.3, -0.25) is 0 Å². The second-order valence-electron chi connectivity index (χ2n) is 4.48. The number of nitrogens with zero attached hydrogens (tertiary/aromatic N) is 1. The van der Waals surface area contributed by atoms with Gasteiger partial charge < -0.3 is 15.7 Å². The van der Waals surface area contributed by atoms with Crippen LogP contribution in [-0.2, 0) is 17.8 Å². The molecule has 1 rings (SSSR count). The molecule has 0 aliphatic carbocycles. The summed E-state index contributed by atoms with van der Waals surface area (Å²) in [6.07, 6.45) is 3.38. The lowest BCUT2D eigenvalue weighted by Gasteiger charge is -2.27. The van der Waals surface area contributed by atoms with Crippen molar-refractivity contribution in [1.82, 2.24) is 15.6 Å². The van der Waals surface area contributed by atoms with Gasteiger partial charge in [0.05, 0.1) is 6.54 Å². The average Bonchev–Trinajstić information content (AvgIpc) is 2.90. The summed E-state index contributed by atoms with van der Waals surface area (Å²) in [4.78, 5) is 28.5. The van der Waals surface area contributed by atoms with Crippen molar-refractivity contribution >= 4 is 23.3 Å². The number of hydrogen-bond donors (Lipinski definition) is 3. The first kappa shape index (κ1) is 16.4. The molecule has 0 bridgehead atoms. The molecule has 0 spiro atoms. The molecular formula is C13H21N3O3S. The van der Waals surface area contributed by atoms with Gasteiger partial charge in [-0.15, -0.1) is 11.3 Å². The quantitative estimate of drug-likeness (QED) is 0.719. The summed E-state index contributed by atoms with van der Waals surface area (Å²) >= 11 is 1.54. The second-order valence-corrected chi connectivity index (χ2v) is 5.68. The zero-order chi connectivity index (χ0) is 15.2. The van der Waals surface area contributed by atoms with Gasteiger partial charge in [-0.05, 0) is 19.3 Å². The van der Waals surface area contributed by atoms with Crippen LogP contribution in [0.25, 0.3) is 0 Å². The van der Waals surface area contributed by atoms with Gasteiger partial charge >= 0.3 is 12.0 Å². The largest absolute Gasteiger partial charge is 0.480 e. The molecule has 0 aromatic carbocycles. The molecule has 2 amide bonds. The van der Waals surface area contributed by atoms with Crippen molar-refractivity contribution in [2.45, 2.75) is 52.1 Å². The Kier molecular flexibility index (Phi) is 5.94. The Morgan fingerprint density at radius 2 is 2.00 bits per heavy atom. The minimum Gasteiger partial charge on any atom is -0.480 e. The summed E-state index contributed by atoms with van der Waals surface area (Å²) < 4.78 is 0. The molecule has 0 fully saturated rings. The van der Waals surface area contributed by atoms with Crippen LogP contribution in [0, 0.1) is 0 Å². The highest BCUT2D eigenvalue weighted by Gasteiger charge is 2.36. The van der Waals surface area contributed by atoms with E-state index in [1.165, 1.54) is 0 Å². The van der Waals surface area contributed by atoms with Gasteiger partial charge in [0.2, 0.25) is 0 Å². The molecule has 0 saturated heterocycles. The van der Waals surface area contributed by atoms with Gasteiger partial charge in [-0.2, -0.15) is 0 Å². The molecule has 20 heavy (non-hydrogen) atoms. The van der Waals surface area contributed by atoms with Crippen molar-refractivity contribution in [3.05, 3.63) is 16.1 Å². The first-order valence-electron chi connectivity index (χ1n) is 6.70. The number of rotatable bonds is 7. The molecule has 0 radical (unpaired) electrons. The highest BCUT2D eigenvalue weighted by Crippen LogP contribution is 2.16. The third kappa shape index (κ3) is 3.93. The number of carbonyl (C=O) groups is 2. The summed E-state index contributed by atoms with van der Waals surface area (Å²) in [5.41, 5.74) is -1.21. The Morgan fingerprint density at radius 1 is 1.35 bits per heavy atom. The number of nitrogens with one attached hydrogen (secondary N) is 2. The number of aliphatic carboxylic acids is 1. The van der Waals surface area contributed by atoms with E-state index in [9.17, 15) is 14.7 Å². The lowest BCUT2D eigenvalue weighted by atomic mass is 9.93. The molecule has 1 aromatic rings. The van der Waals surface area contributed by atoms with Crippen LogP contribution in [-0.4, -0.2) is 27.6 Å². The Bertz CT molecular complexity index is 469. The average molecular weight is 299 g/mol. The van der Waals surface area contributed by atoms with Crippen molar-refractivity contribution in [1.29, 1.82) is 0 Å². The number of thiazole rings is 1. The lowest BCUT2D eigenvalue weighted by molar-refractivity contribution is -0.144. The van der Waals surface area contributed by atoms with E-state index in [0.29, 0.717) is 19.4 Å². The summed E-state index contributed by atoms with van der Waals surface area (Å²) in [6, 6.07) is -0.482. The third-order valence-electron chi connectivity index (χ3n) is 3.32. The predicted molar refractivity (Wildman–Crippen MR) is 77.8 cm³/mol. The Balaban J connectivity index is 2.56. The van der Waals surface area contributed by atoms with Crippen molar-refractivity contribution in [2.75, 3.05) is 0 Å². The number of carbonyl (C=O) groups excluding carboxylic acids is 1. The Labute approximate surface area is 122 Å². The number of amides is 2. The number of carboxylic acids is 1. The standard InChI is InChI=1S/C13H21N3O3S/c1-4-9-7-14-10(20-9)8-15-12(19)16-13(5-2,6-3)11(17)18/h7H,4-6,8H2,1-3H3,(H,17,18)(H2,15,16,19). The van der Waals surface area contributed by atoms with Crippen LogP contribution in [0.3, 0.4) is 0 Å². The minimum absolute atomic E-state index is 0.305. The Morgan fingerprint density at radius 3 is 2.45 bits per heavy atom. The molecule has 7 heteroatoms.